The zero-order chi connectivity index (χ0) is 23.6. The number of aliphatic hydroxyl groups is 1. The van der Waals surface area contributed by atoms with Crippen LogP contribution in [0.3, 0.4) is 0 Å². The molecule has 0 aliphatic carbocycles. The van der Waals surface area contributed by atoms with Gasteiger partial charge in [-0.1, -0.05) is 38.1 Å². The van der Waals surface area contributed by atoms with Gasteiger partial charge in [0.1, 0.15) is 17.3 Å². The third kappa shape index (κ3) is 4.53. The average Bonchev–Trinajstić information content (AvgIpc) is 3.01. The van der Waals surface area contributed by atoms with Gasteiger partial charge in [0.05, 0.1) is 24.3 Å². The van der Waals surface area contributed by atoms with Crippen LogP contribution in [0.5, 0.6) is 5.75 Å². The Bertz CT molecular complexity index is 1040. The Morgan fingerprint density at radius 2 is 1.81 bits per heavy atom. The fourth-order valence-electron chi connectivity index (χ4n) is 3.84. The molecule has 6 nitrogen and oxygen atoms in total. The molecule has 1 aliphatic rings. The summed E-state index contributed by atoms with van der Waals surface area (Å²) >= 11 is 0. The number of methoxy groups -OCH3 is 1. The van der Waals surface area contributed by atoms with Crippen molar-refractivity contribution in [2.75, 3.05) is 34.3 Å². The molecule has 1 unspecified atom stereocenters. The highest BCUT2D eigenvalue weighted by Gasteiger charge is 2.46. The molecule has 0 radical (unpaired) electrons. The number of benzene rings is 2. The number of hydrogen-bond acceptors (Lipinski definition) is 5. The second-order valence-corrected chi connectivity index (χ2v) is 8.46. The Balaban J connectivity index is 2.19. The maximum absolute atomic E-state index is 14.0. The van der Waals surface area contributed by atoms with Gasteiger partial charge in [-0.3, -0.25) is 9.59 Å². The predicted octanol–water partition coefficient (Wildman–Crippen LogP) is 3.94. The van der Waals surface area contributed by atoms with Crippen LogP contribution in [0, 0.1) is 5.82 Å². The van der Waals surface area contributed by atoms with Crippen LogP contribution in [0.4, 0.5) is 4.39 Å². The molecule has 0 aromatic heterocycles. The Morgan fingerprint density at radius 1 is 1.16 bits per heavy atom. The molecule has 170 valence electrons. The van der Waals surface area contributed by atoms with E-state index < -0.39 is 29.3 Å². The van der Waals surface area contributed by atoms with E-state index in [1.54, 1.807) is 0 Å². The van der Waals surface area contributed by atoms with Crippen LogP contribution in [-0.2, 0) is 9.59 Å². The van der Waals surface area contributed by atoms with Gasteiger partial charge in [0.25, 0.3) is 11.7 Å². The van der Waals surface area contributed by atoms with Crippen LogP contribution in [0.1, 0.15) is 42.5 Å². The molecule has 7 heteroatoms. The zero-order valence-electron chi connectivity index (χ0n) is 19.1. The van der Waals surface area contributed by atoms with Crippen LogP contribution >= 0.6 is 0 Å². The van der Waals surface area contributed by atoms with Gasteiger partial charge in [-0.25, -0.2) is 4.39 Å². The second kappa shape index (κ2) is 9.53. The van der Waals surface area contributed by atoms with E-state index in [9.17, 15) is 19.1 Å². The van der Waals surface area contributed by atoms with Gasteiger partial charge < -0.3 is 19.6 Å². The lowest BCUT2D eigenvalue weighted by Gasteiger charge is -2.27. The number of amides is 1. The predicted molar refractivity (Wildman–Crippen MR) is 121 cm³/mol. The number of ether oxygens (including phenoxy) is 1. The third-order valence-electron chi connectivity index (χ3n) is 5.66. The van der Waals surface area contributed by atoms with E-state index in [0.717, 1.165) is 11.6 Å². The van der Waals surface area contributed by atoms with Gasteiger partial charge in [0.2, 0.25) is 0 Å². The van der Waals surface area contributed by atoms with E-state index in [0.29, 0.717) is 24.6 Å². The number of ketones is 1. The number of aliphatic hydroxyl groups excluding tert-OH is 1. The first-order valence-electron chi connectivity index (χ1n) is 10.5. The van der Waals surface area contributed by atoms with E-state index in [1.165, 1.54) is 24.1 Å². The van der Waals surface area contributed by atoms with E-state index in [1.807, 2.05) is 43.3 Å². The average molecular weight is 441 g/mol. The van der Waals surface area contributed by atoms with Crippen molar-refractivity contribution in [3.05, 3.63) is 70.5 Å². The quantitative estimate of drug-likeness (QED) is 0.401. The monoisotopic (exact) mass is 440 g/mol. The lowest BCUT2D eigenvalue weighted by Crippen LogP contribution is -2.35. The number of carbonyl (C=O) groups is 2. The number of carbonyl (C=O) groups excluding carboxylic acids is 2. The number of rotatable bonds is 7. The van der Waals surface area contributed by atoms with Crippen LogP contribution in [0.25, 0.3) is 5.76 Å². The highest BCUT2D eigenvalue weighted by Crippen LogP contribution is 2.41. The Hall–Kier alpha value is -3.19. The summed E-state index contributed by atoms with van der Waals surface area (Å²) in [4.78, 5) is 29.4. The maximum Gasteiger partial charge on any atom is 0.295 e. The molecule has 1 amide bonds. The SMILES string of the molecule is COc1ccc(F)cc1/C(O)=C1\C(=O)C(=O)N(CCN(C)C)C1c1ccc(C(C)C)cc1. The van der Waals surface area contributed by atoms with Crippen molar-refractivity contribution >= 4 is 17.4 Å². The van der Waals surface area contributed by atoms with E-state index in [-0.39, 0.29) is 16.9 Å². The van der Waals surface area contributed by atoms with Crippen LogP contribution < -0.4 is 4.74 Å². The molecular formula is C25H29FN2O4. The van der Waals surface area contributed by atoms with Gasteiger partial charge in [-0.2, -0.15) is 0 Å². The highest BCUT2D eigenvalue weighted by molar-refractivity contribution is 6.46. The molecule has 3 rings (SSSR count). The van der Waals surface area contributed by atoms with Crippen molar-refractivity contribution < 1.29 is 23.8 Å². The summed E-state index contributed by atoms with van der Waals surface area (Å²) in [6.07, 6.45) is 0. The summed E-state index contributed by atoms with van der Waals surface area (Å²) in [6.45, 7) is 4.99. The van der Waals surface area contributed by atoms with Gasteiger partial charge in [0, 0.05) is 13.1 Å². The Morgan fingerprint density at radius 3 is 2.38 bits per heavy atom. The number of nitrogens with zero attached hydrogens (tertiary/aromatic N) is 2. The molecule has 1 saturated heterocycles. The lowest BCUT2D eigenvalue weighted by molar-refractivity contribution is -0.140. The number of likely N-dealkylation sites (N-methyl/N-ethyl adjacent to an activating group) is 1. The van der Waals surface area contributed by atoms with Crippen molar-refractivity contribution in [1.29, 1.82) is 0 Å². The third-order valence-corrected chi connectivity index (χ3v) is 5.66. The van der Waals surface area contributed by atoms with Crippen LogP contribution in [-0.4, -0.2) is 60.9 Å². The normalized spacial score (nSPS) is 18.1. The summed E-state index contributed by atoms with van der Waals surface area (Å²) < 4.78 is 19.2. The smallest absolute Gasteiger partial charge is 0.295 e. The molecule has 1 atom stereocenters. The molecule has 0 spiro atoms. The largest absolute Gasteiger partial charge is 0.507 e. The number of likely N-dealkylation sites (tertiary alicyclic amines) is 1. The minimum absolute atomic E-state index is 0.0295. The van der Waals surface area contributed by atoms with Gasteiger partial charge in [-0.05, 0) is 49.3 Å². The van der Waals surface area contributed by atoms with Crippen molar-refractivity contribution in [2.45, 2.75) is 25.8 Å². The van der Waals surface area contributed by atoms with E-state index in [2.05, 4.69) is 13.8 Å². The summed E-state index contributed by atoms with van der Waals surface area (Å²) in [5.41, 5.74) is 1.77. The number of hydrogen-bond donors (Lipinski definition) is 1. The van der Waals surface area contributed by atoms with Crippen molar-refractivity contribution in [2.24, 2.45) is 0 Å². The fourth-order valence-corrected chi connectivity index (χ4v) is 3.84. The van der Waals surface area contributed by atoms with Gasteiger partial charge >= 0.3 is 0 Å². The van der Waals surface area contributed by atoms with Crippen molar-refractivity contribution in [3.8, 4) is 5.75 Å². The summed E-state index contributed by atoms with van der Waals surface area (Å²) in [5, 5.41) is 11.1. The maximum atomic E-state index is 14.0. The Kier molecular flexibility index (Phi) is 6.99. The molecule has 2 aromatic rings. The molecule has 32 heavy (non-hydrogen) atoms. The van der Waals surface area contributed by atoms with Crippen molar-refractivity contribution in [3.63, 3.8) is 0 Å². The van der Waals surface area contributed by atoms with Crippen molar-refractivity contribution in [1.82, 2.24) is 9.80 Å². The Labute approximate surface area is 187 Å². The molecule has 1 N–H and O–H groups in total. The number of Topliss-reactive ketones (excluding diaryl/α,β-unsaturated/α-hetero) is 1. The first kappa shape index (κ1) is 23.5. The fraction of sp³-hybridized carbons (Fsp3) is 0.360. The topological polar surface area (TPSA) is 70.1 Å². The van der Waals surface area contributed by atoms with Crippen LogP contribution in [0.2, 0.25) is 0 Å². The molecule has 0 saturated carbocycles. The summed E-state index contributed by atoms with van der Waals surface area (Å²) in [6, 6.07) is 10.5. The summed E-state index contributed by atoms with van der Waals surface area (Å²) in [7, 11) is 5.14. The molecule has 1 fully saturated rings. The van der Waals surface area contributed by atoms with Crippen LogP contribution in [0.15, 0.2) is 48.0 Å². The first-order valence-corrected chi connectivity index (χ1v) is 10.5. The zero-order valence-corrected chi connectivity index (χ0v) is 19.1. The van der Waals surface area contributed by atoms with E-state index in [4.69, 9.17) is 4.74 Å². The lowest BCUT2D eigenvalue weighted by atomic mass is 9.93. The standard InChI is InChI=1S/C25H29FN2O4/c1-15(2)16-6-8-17(9-7-16)22-21(24(30)25(31)28(22)13-12-27(3)4)23(29)19-14-18(26)10-11-20(19)32-5/h6-11,14-15,22,29H,12-13H2,1-5H3/b23-21+. The van der Waals surface area contributed by atoms with Gasteiger partial charge in [-0.15, -0.1) is 0 Å². The highest BCUT2D eigenvalue weighted by atomic mass is 19.1. The van der Waals surface area contributed by atoms with E-state index >= 15 is 0 Å². The minimum atomic E-state index is -0.800. The molecule has 0 bridgehead atoms. The number of halogens is 1. The molecule has 2 aromatic carbocycles. The summed E-state index contributed by atoms with van der Waals surface area (Å²) in [5.74, 6) is -2.01. The second-order valence-electron chi connectivity index (χ2n) is 8.46. The van der Waals surface area contributed by atoms with Gasteiger partial charge in [0.15, 0.2) is 0 Å². The molecule has 1 aliphatic heterocycles. The molecule has 1 heterocycles. The minimum Gasteiger partial charge on any atom is -0.507 e. The molecular weight excluding hydrogens is 411 g/mol. The first-order chi connectivity index (χ1) is 15.1.